The predicted molar refractivity (Wildman–Crippen MR) is 60.5 cm³/mol. The molecule has 1 unspecified atom stereocenters. The van der Waals surface area contributed by atoms with E-state index in [0.29, 0.717) is 12.2 Å². The molecule has 0 bridgehead atoms. The molecular formula is C11H14O4S. The zero-order valence-electron chi connectivity index (χ0n) is 9.01. The van der Waals surface area contributed by atoms with Crippen molar-refractivity contribution in [1.82, 2.24) is 0 Å². The van der Waals surface area contributed by atoms with Crippen molar-refractivity contribution in [2.75, 3.05) is 11.5 Å². The van der Waals surface area contributed by atoms with Gasteiger partial charge in [-0.2, -0.15) is 0 Å². The molecule has 0 aliphatic carbocycles. The molecule has 0 amide bonds. The van der Waals surface area contributed by atoms with E-state index in [4.69, 9.17) is 4.74 Å². The van der Waals surface area contributed by atoms with Gasteiger partial charge >= 0.3 is 0 Å². The zero-order chi connectivity index (χ0) is 11.8. The largest absolute Gasteiger partial charge is 0.508 e. The van der Waals surface area contributed by atoms with E-state index >= 15 is 0 Å². The van der Waals surface area contributed by atoms with Gasteiger partial charge in [0.15, 0.2) is 9.84 Å². The van der Waals surface area contributed by atoms with Crippen LogP contribution >= 0.6 is 0 Å². The molecule has 88 valence electrons. The molecule has 1 saturated heterocycles. The minimum Gasteiger partial charge on any atom is -0.508 e. The second-order valence-corrected chi connectivity index (χ2v) is 6.38. The molecule has 1 fully saturated rings. The van der Waals surface area contributed by atoms with Crippen molar-refractivity contribution in [2.24, 2.45) is 0 Å². The van der Waals surface area contributed by atoms with Gasteiger partial charge in [0.25, 0.3) is 0 Å². The summed E-state index contributed by atoms with van der Waals surface area (Å²) in [7, 11) is -2.92. The highest BCUT2D eigenvalue weighted by Crippen LogP contribution is 2.24. The van der Waals surface area contributed by atoms with Crippen molar-refractivity contribution < 1.29 is 18.3 Å². The van der Waals surface area contributed by atoms with Gasteiger partial charge in [-0.15, -0.1) is 0 Å². The summed E-state index contributed by atoms with van der Waals surface area (Å²) in [4.78, 5) is 0. The Morgan fingerprint density at radius 3 is 2.69 bits per heavy atom. The van der Waals surface area contributed by atoms with Crippen molar-refractivity contribution in [2.45, 2.75) is 19.4 Å². The van der Waals surface area contributed by atoms with Crippen LogP contribution in [0.25, 0.3) is 0 Å². The SMILES string of the molecule is Cc1cc(O)cc(OC2CCS(=O)(=O)C2)c1. The van der Waals surface area contributed by atoms with Crippen LogP contribution in [0.1, 0.15) is 12.0 Å². The number of rotatable bonds is 2. The number of phenols is 1. The molecular weight excluding hydrogens is 228 g/mol. The van der Waals surface area contributed by atoms with Crippen LogP contribution in [0.5, 0.6) is 11.5 Å². The summed E-state index contributed by atoms with van der Waals surface area (Å²) in [5.41, 5.74) is 0.885. The van der Waals surface area contributed by atoms with Gasteiger partial charge in [-0.3, -0.25) is 0 Å². The number of ether oxygens (including phenoxy) is 1. The molecule has 0 spiro atoms. The first-order chi connectivity index (χ1) is 7.44. The average Bonchev–Trinajstić information content (AvgIpc) is 2.43. The third kappa shape index (κ3) is 2.66. The molecule has 2 rings (SSSR count). The molecule has 0 aromatic heterocycles. The first-order valence-electron chi connectivity index (χ1n) is 5.12. The average molecular weight is 242 g/mol. The summed E-state index contributed by atoms with van der Waals surface area (Å²) >= 11 is 0. The summed E-state index contributed by atoms with van der Waals surface area (Å²) in [6.07, 6.45) is 0.239. The Bertz CT molecular complexity index is 472. The second-order valence-electron chi connectivity index (χ2n) is 4.15. The molecule has 16 heavy (non-hydrogen) atoms. The zero-order valence-corrected chi connectivity index (χ0v) is 9.83. The third-order valence-corrected chi connectivity index (χ3v) is 4.27. The Morgan fingerprint density at radius 1 is 1.38 bits per heavy atom. The molecule has 1 aromatic rings. The van der Waals surface area contributed by atoms with Crippen molar-refractivity contribution in [3.63, 3.8) is 0 Å². The number of aromatic hydroxyl groups is 1. The Balaban J connectivity index is 2.10. The lowest BCUT2D eigenvalue weighted by Gasteiger charge is -2.12. The van der Waals surface area contributed by atoms with Crippen LogP contribution in [0.2, 0.25) is 0 Å². The van der Waals surface area contributed by atoms with E-state index in [-0.39, 0.29) is 23.4 Å². The van der Waals surface area contributed by atoms with E-state index in [2.05, 4.69) is 0 Å². The molecule has 1 N–H and O–H groups in total. The number of sulfone groups is 1. The minimum atomic E-state index is -2.92. The lowest BCUT2D eigenvalue weighted by atomic mass is 10.2. The van der Waals surface area contributed by atoms with Crippen LogP contribution in [-0.4, -0.2) is 31.1 Å². The van der Waals surface area contributed by atoms with Crippen LogP contribution < -0.4 is 4.74 Å². The molecule has 1 aromatic carbocycles. The van der Waals surface area contributed by atoms with Crippen molar-refractivity contribution in [1.29, 1.82) is 0 Å². The molecule has 1 heterocycles. The summed E-state index contributed by atoms with van der Waals surface area (Å²) < 4.78 is 28.0. The maximum Gasteiger partial charge on any atom is 0.154 e. The van der Waals surface area contributed by atoms with Gasteiger partial charge in [-0.1, -0.05) is 0 Å². The number of hydrogen-bond donors (Lipinski definition) is 1. The van der Waals surface area contributed by atoms with Crippen LogP contribution in [0.15, 0.2) is 18.2 Å². The monoisotopic (exact) mass is 242 g/mol. The molecule has 1 aliphatic heterocycles. The van der Waals surface area contributed by atoms with Crippen LogP contribution in [0.3, 0.4) is 0 Å². The van der Waals surface area contributed by atoms with E-state index in [0.717, 1.165) is 5.56 Å². The van der Waals surface area contributed by atoms with Gasteiger partial charge < -0.3 is 9.84 Å². The van der Waals surface area contributed by atoms with Crippen molar-refractivity contribution in [3.05, 3.63) is 23.8 Å². The summed E-state index contributed by atoms with van der Waals surface area (Å²) in [5.74, 6) is 0.924. The quantitative estimate of drug-likeness (QED) is 0.848. The molecule has 1 atom stereocenters. The highest BCUT2D eigenvalue weighted by Gasteiger charge is 2.29. The fourth-order valence-corrected chi connectivity index (χ4v) is 3.43. The number of aryl methyl sites for hydroxylation is 1. The first-order valence-corrected chi connectivity index (χ1v) is 6.94. The maximum absolute atomic E-state index is 11.2. The Hall–Kier alpha value is -1.23. The Labute approximate surface area is 94.8 Å². The Morgan fingerprint density at radius 2 is 2.12 bits per heavy atom. The van der Waals surface area contributed by atoms with E-state index in [1.54, 1.807) is 12.1 Å². The molecule has 5 heteroatoms. The highest BCUT2D eigenvalue weighted by molar-refractivity contribution is 7.91. The van der Waals surface area contributed by atoms with Gasteiger partial charge in [0.2, 0.25) is 0 Å². The fourth-order valence-electron chi connectivity index (χ4n) is 1.84. The lowest BCUT2D eigenvalue weighted by Crippen LogP contribution is -2.17. The van der Waals surface area contributed by atoms with Gasteiger partial charge in [-0.25, -0.2) is 8.42 Å². The topological polar surface area (TPSA) is 63.6 Å². The number of benzene rings is 1. The van der Waals surface area contributed by atoms with Crippen LogP contribution in [-0.2, 0) is 9.84 Å². The summed E-state index contributed by atoms with van der Waals surface area (Å²) in [5, 5.41) is 9.37. The maximum atomic E-state index is 11.2. The molecule has 0 radical (unpaired) electrons. The fraction of sp³-hybridized carbons (Fsp3) is 0.455. The van der Waals surface area contributed by atoms with E-state index < -0.39 is 9.84 Å². The molecule has 4 nitrogen and oxygen atoms in total. The van der Waals surface area contributed by atoms with Crippen LogP contribution in [0, 0.1) is 6.92 Å². The Kier molecular flexibility index (Phi) is 2.80. The molecule has 0 saturated carbocycles. The van der Waals surface area contributed by atoms with Crippen molar-refractivity contribution >= 4 is 9.84 Å². The van der Waals surface area contributed by atoms with Crippen LogP contribution in [0.4, 0.5) is 0 Å². The summed E-state index contributed by atoms with van der Waals surface area (Å²) in [6, 6.07) is 4.90. The van der Waals surface area contributed by atoms with Gasteiger partial charge in [0.1, 0.15) is 17.6 Å². The van der Waals surface area contributed by atoms with E-state index in [9.17, 15) is 13.5 Å². The standard InChI is InChI=1S/C11H14O4S/c1-8-4-9(12)6-11(5-8)15-10-2-3-16(13,14)7-10/h4-6,10,12H,2-3,7H2,1H3. The number of phenolic OH excluding ortho intramolecular Hbond substituents is 1. The smallest absolute Gasteiger partial charge is 0.154 e. The van der Waals surface area contributed by atoms with Gasteiger partial charge in [-0.05, 0) is 31.0 Å². The van der Waals surface area contributed by atoms with E-state index in [1.165, 1.54) is 6.07 Å². The molecule has 1 aliphatic rings. The minimum absolute atomic E-state index is 0.0711. The van der Waals surface area contributed by atoms with Gasteiger partial charge in [0.05, 0.1) is 11.5 Å². The van der Waals surface area contributed by atoms with Crippen molar-refractivity contribution in [3.8, 4) is 11.5 Å². The number of hydrogen-bond acceptors (Lipinski definition) is 4. The van der Waals surface area contributed by atoms with E-state index in [1.807, 2.05) is 6.92 Å². The first kappa shape index (κ1) is 11.3. The second kappa shape index (κ2) is 3.97. The summed E-state index contributed by atoms with van der Waals surface area (Å²) in [6.45, 7) is 1.85. The third-order valence-electron chi connectivity index (χ3n) is 2.53. The van der Waals surface area contributed by atoms with Gasteiger partial charge in [0, 0.05) is 6.07 Å². The normalized spacial score (nSPS) is 23.2. The lowest BCUT2D eigenvalue weighted by molar-refractivity contribution is 0.228. The highest BCUT2D eigenvalue weighted by atomic mass is 32.2. The predicted octanol–water partition coefficient (Wildman–Crippen LogP) is 1.27.